The van der Waals surface area contributed by atoms with E-state index in [-0.39, 0.29) is 6.23 Å². The van der Waals surface area contributed by atoms with Crippen LogP contribution in [0.4, 0.5) is 0 Å². The molecule has 0 aliphatic carbocycles. The Morgan fingerprint density at radius 2 is 1.24 bits per heavy atom. The van der Waals surface area contributed by atoms with E-state index in [0.29, 0.717) is 0 Å². The topological polar surface area (TPSA) is 23.5 Å². The van der Waals surface area contributed by atoms with E-state index >= 15 is 0 Å². The van der Waals surface area contributed by atoms with Crippen LogP contribution in [0.3, 0.4) is 0 Å². The molecule has 2 heteroatoms. The molecule has 0 saturated carbocycles. The number of unbranched alkanes of at least 4 members (excludes halogenated alkanes) is 9. The maximum atomic E-state index is 9.29. The van der Waals surface area contributed by atoms with Crippen LogP contribution in [-0.2, 0) is 0 Å². The Morgan fingerprint density at radius 1 is 0.824 bits per heavy atom. The molecule has 0 amide bonds. The lowest BCUT2D eigenvalue weighted by atomic mass is 10.1. The first-order chi connectivity index (χ1) is 8.18. The molecule has 0 rings (SSSR count). The Bertz CT molecular complexity index is 148. The molecule has 0 aromatic heterocycles. The van der Waals surface area contributed by atoms with Gasteiger partial charge in [-0.25, -0.2) is 0 Å². The van der Waals surface area contributed by atoms with Gasteiger partial charge in [-0.1, -0.05) is 64.7 Å². The average Bonchev–Trinajstić information content (AvgIpc) is 2.31. The lowest BCUT2D eigenvalue weighted by molar-refractivity contribution is 0.0373. The van der Waals surface area contributed by atoms with Gasteiger partial charge >= 0.3 is 0 Å². The zero-order valence-corrected chi connectivity index (χ0v) is 12.2. The molecule has 1 atom stereocenters. The van der Waals surface area contributed by atoms with Gasteiger partial charge in [-0.05, 0) is 20.4 Å². The van der Waals surface area contributed by atoms with Gasteiger partial charge < -0.3 is 5.11 Å². The smallest absolute Gasteiger partial charge is 0.104 e. The van der Waals surface area contributed by atoms with Gasteiger partial charge in [0.1, 0.15) is 6.23 Å². The van der Waals surface area contributed by atoms with Crippen molar-refractivity contribution in [2.24, 2.45) is 0 Å². The molecule has 1 unspecified atom stereocenters. The summed E-state index contributed by atoms with van der Waals surface area (Å²) >= 11 is 0. The number of hydrogen-bond donors (Lipinski definition) is 1. The molecule has 17 heavy (non-hydrogen) atoms. The Hall–Kier alpha value is -0.0800. The van der Waals surface area contributed by atoms with Crippen LogP contribution in [0.2, 0.25) is 0 Å². The summed E-state index contributed by atoms with van der Waals surface area (Å²) in [6.45, 7) is 5.12. The van der Waals surface area contributed by atoms with Crippen LogP contribution in [0, 0.1) is 0 Å². The summed E-state index contributed by atoms with van der Waals surface area (Å²) in [5.41, 5.74) is 0. The van der Waals surface area contributed by atoms with Gasteiger partial charge in [-0.3, -0.25) is 4.90 Å². The fraction of sp³-hybridized carbons (Fsp3) is 1.00. The minimum atomic E-state index is -0.298. The quantitative estimate of drug-likeness (QED) is 0.410. The molecule has 0 aromatic carbocycles. The highest BCUT2D eigenvalue weighted by molar-refractivity contribution is 4.53. The monoisotopic (exact) mass is 243 g/mol. The molecule has 0 saturated heterocycles. The summed E-state index contributed by atoms with van der Waals surface area (Å²) in [4.78, 5) is 2.00. The van der Waals surface area contributed by atoms with E-state index in [0.717, 1.165) is 6.54 Å². The van der Waals surface area contributed by atoms with Gasteiger partial charge in [0, 0.05) is 6.54 Å². The molecule has 0 bridgehead atoms. The summed E-state index contributed by atoms with van der Waals surface area (Å²) in [6.07, 6.45) is 13.4. The fourth-order valence-corrected chi connectivity index (χ4v) is 2.04. The summed E-state index contributed by atoms with van der Waals surface area (Å²) in [5, 5.41) is 9.29. The highest BCUT2D eigenvalue weighted by Gasteiger charge is 2.02. The van der Waals surface area contributed by atoms with E-state index in [1.54, 1.807) is 0 Å². The molecule has 104 valence electrons. The first-order valence-corrected chi connectivity index (χ1v) is 7.56. The summed E-state index contributed by atoms with van der Waals surface area (Å²) in [6, 6.07) is 0. The number of hydrogen-bond acceptors (Lipinski definition) is 2. The summed E-state index contributed by atoms with van der Waals surface area (Å²) in [5.74, 6) is 0. The lowest BCUT2D eigenvalue weighted by Crippen LogP contribution is -2.29. The maximum absolute atomic E-state index is 9.29. The van der Waals surface area contributed by atoms with Crippen molar-refractivity contribution in [3.8, 4) is 0 Å². The normalized spacial score (nSPS) is 13.2. The van der Waals surface area contributed by atoms with Crippen molar-refractivity contribution in [2.75, 3.05) is 13.6 Å². The molecule has 2 nitrogen and oxygen atoms in total. The fourth-order valence-electron chi connectivity index (χ4n) is 2.04. The molecule has 0 spiro atoms. The van der Waals surface area contributed by atoms with Gasteiger partial charge in [0.15, 0.2) is 0 Å². The van der Waals surface area contributed by atoms with Crippen LogP contribution in [-0.4, -0.2) is 29.8 Å². The highest BCUT2D eigenvalue weighted by atomic mass is 16.3. The predicted molar refractivity (Wildman–Crippen MR) is 76.2 cm³/mol. The van der Waals surface area contributed by atoms with Crippen molar-refractivity contribution >= 4 is 0 Å². The Balaban J connectivity index is 3.03. The first kappa shape index (κ1) is 16.9. The predicted octanol–water partition coefficient (Wildman–Crippen LogP) is 4.18. The SMILES string of the molecule is CCCCCCCCCCCCN(C)C(C)O. The molecule has 0 aliphatic rings. The second-order valence-electron chi connectivity index (χ2n) is 5.29. The zero-order valence-electron chi connectivity index (χ0n) is 12.2. The number of aliphatic hydroxyl groups is 1. The molecule has 1 N–H and O–H groups in total. The standard InChI is InChI=1S/C15H33NO/c1-4-5-6-7-8-9-10-11-12-13-14-16(3)15(2)17/h15,17H,4-14H2,1-3H3. The van der Waals surface area contributed by atoms with Crippen LogP contribution < -0.4 is 0 Å². The van der Waals surface area contributed by atoms with E-state index in [4.69, 9.17) is 0 Å². The van der Waals surface area contributed by atoms with Crippen molar-refractivity contribution in [2.45, 2.75) is 84.3 Å². The van der Waals surface area contributed by atoms with Crippen LogP contribution >= 0.6 is 0 Å². The van der Waals surface area contributed by atoms with Crippen molar-refractivity contribution < 1.29 is 5.11 Å². The highest BCUT2D eigenvalue weighted by Crippen LogP contribution is 2.10. The van der Waals surface area contributed by atoms with Crippen molar-refractivity contribution in [1.29, 1.82) is 0 Å². The average molecular weight is 243 g/mol. The van der Waals surface area contributed by atoms with Crippen LogP contribution in [0.15, 0.2) is 0 Å². The third-order valence-electron chi connectivity index (χ3n) is 3.50. The van der Waals surface area contributed by atoms with Crippen LogP contribution in [0.25, 0.3) is 0 Å². The maximum Gasteiger partial charge on any atom is 0.104 e. The molecule has 0 radical (unpaired) electrons. The minimum Gasteiger partial charge on any atom is -0.379 e. The van der Waals surface area contributed by atoms with E-state index in [9.17, 15) is 5.11 Å². The first-order valence-electron chi connectivity index (χ1n) is 7.56. The van der Waals surface area contributed by atoms with Gasteiger partial charge in [0.2, 0.25) is 0 Å². The Labute approximate surface area is 108 Å². The molecule has 0 fully saturated rings. The van der Waals surface area contributed by atoms with Crippen molar-refractivity contribution in [3.63, 3.8) is 0 Å². The minimum absolute atomic E-state index is 0.298. The van der Waals surface area contributed by atoms with E-state index < -0.39 is 0 Å². The van der Waals surface area contributed by atoms with Gasteiger partial charge in [0.05, 0.1) is 0 Å². The molecular formula is C15H33NO. The van der Waals surface area contributed by atoms with Gasteiger partial charge in [-0.2, -0.15) is 0 Å². The molecule has 0 aliphatic heterocycles. The number of nitrogens with zero attached hydrogens (tertiary/aromatic N) is 1. The van der Waals surface area contributed by atoms with Gasteiger partial charge in [-0.15, -0.1) is 0 Å². The van der Waals surface area contributed by atoms with Gasteiger partial charge in [0.25, 0.3) is 0 Å². The number of aliphatic hydroxyl groups excluding tert-OH is 1. The third kappa shape index (κ3) is 12.2. The van der Waals surface area contributed by atoms with Crippen molar-refractivity contribution in [3.05, 3.63) is 0 Å². The lowest BCUT2D eigenvalue weighted by Gasteiger charge is -2.19. The summed E-state index contributed by atoms with van der Waals surface area (Å²) < 4.78 is 0. The zero-order chi connectivity index (χ0) is 12.9. The Morgan fingerprint density at radius 3 is 1.65 bits per heavy atom. The number of rotatable bonds is 12. The van der Waals surface area contributed by atoms with E-state index in [2.05, 4.69) is 6.92 Å². The van der Waals surface area contributed by atoms with Crippen LogP contribution in [0.5, 0.6) is 0 Å². The molecule has 0 heterocycles. The van der Waals surface area contributed by atoms with Crippen molar-refractivity contribution in [1.82, 2.24) is 4.90 Å². The second kappa shape index (κ2) is 12.4. The largest absolute Gasteiger partial charge is 0.379 e. The molecular weight excluding hydrogens is 210 g/mol. The third-order valence-corrected chi connectivity index (χ3v) is 3.50. The Kier molecular flexibility index (Phi) is 12.3. The van der Waals surface area contributed by atoms with Crippen LogP contribution in [0.1, 0.15) is 78.1 Å². The van der Waals surface area contributed by atoms with E-state index in [1.165, 1.54) is 64.2 Å². The van der Waals surface area contributed by atoms with E-state index in [1.807, 2.05) is 18.9 Å². The molecule has 0 aromatic rings. The second-order valence-corrected chi connectivity index (χ2v) is 5.29. The summed E-state index contributed by atoms with van der Waals surface area (Å²) in [7, 11) is 1.98.